The maximum absolute atomic E-state index is 13.2. The second kappa shape index (κ2) is 8.41. The Labute approximate surface area is 175 Å². The largest absolute Gasteiger partial charge is 0.326 e. The van der Waals surface area contributed by atoms with E-state index in [1.165, 1.54) is 11.8 Å². The van der Waals surface area contributed by atoms with Gasteiger partial charge in [0.2, 0.25) is 11.8 Å². The van der Waals surface area contributed by atoms with Gasteiger partial charge in [0.15, 0.2) is 5.17 Å². The number of rotatable bonds is 6. The topological polar surface area (TPSA) is 61.8 Å². The van der Waals surface area contributed by atoms with E-state index < -0.39 is 5.25 Å². The monoisotopic (exact) mass is 407 g/mol. The van der Waals surface area contributed by atoms with E-state index in [0.717, 1.165) is 29.8 Å². The fourth-order valence-electron chi connectivity index (χ4n) is 3.49. The lowest BCUT2D eigenvalue weighted by atomic mass is 10.1. The van der Waals surface area contributed by atoms with Crippen LogP contribution < -0.4 is 5.32 Å². The van der Waals surface area contributed by atoms with Crippen molar-refractivity contribution in [1.29, 1.82) is 0 Å². The van der Waals surface area contributed by atoms with Crippen LogP contribution in [-0.4, -0.2) is 33.2 Å². The first-order valence-corrected chi connectivity index (χ1v) is 10.9. The molecule has 29 heavy (non-hydrogen) atoms. The number of aliphatic imine (C=N–C) groups is 1. The van der Waals surface area contributed by atoms with Crippen LogP contribution in [0.25, 0.3) is 0 Å². The van der Waals surface area contributed by atoms with Crippen LogP contribution in [0.1, 0.15) is 31.7 Å². The van der Waals surface area contributed by atoms with E-state index in [-0.39, 0.29) is 24.3 Å². The first-order chi connectivity index (χ1) is 14.0. The van der Waals surface area contributed by atoms with Gasteiger partial charge in [-0.2, -0.15) is 0 Å². The molecule has 0 bridgehead atoms. The maximum Gasteiger partial charge on any atom is 0.242 e. The highest BCUT2D eigenvalue weighted by molar-refractivity contribution is 8.15. The molecule has 2 amide bonds. The van der Waals surface area contributed by atoms with Crippen molar-refractivity contribution in [2.75, 3.05) is 5.32 Å². The van der Waals surface area contributed by atoms with Crippen LogP contribution in [0.5, 0.6) is 0 Å². The zero-order chi connectivity index (χ0) is 20.4. The SMILES string of the molecule is Cc1ccc(NC(=O)C[C@H]2SC(=Nc3ccccc3)N([C@H](C)C3CC3)C2=O)cc1. The number of carbonyl (C=O) groups excluding carboxylic acids is 2. The number of amidine groups is 1. The van der Waals surface area contributed by atoms with Gasteiger partial charge in [-0.1, -0.05) is 47.7 Å². The van der Waals surface area contributed by atoms with Gasteiger partial charge >= 0.3 is 0 Å². The number of aryl methyl sites for hydroxylation is 1. The van der Waals surface area contributed by atoms with Crippen molar-refractivity contribution in [3.05, 3.63) is 60.2 Å². The number of hydrogen-bond acceptors (Lipinski definition) is 4. The lowest BCUT2D eigenvalue weighted by molar-refractivity contribution is -0.129. The second-order valence-electron chi connectivity index (χ2n) is 7.74. The Hall–Kier alpha value is -2.60. The molecule has 2 aliphatic rings. The Morgan fingerprint density at radius 2 is 1.86 bits per heavy atom. The molecule has 1 heterocycles. The molecule has 2 atom stereocenters. The summed E-state index contributed by atoms with van der Waals surface area (Å²) in [5.41, 5.74) is 2.70. The molecule has 0 aromatic heterocycles. The third kappa shape index (κ3) is 4.70. The quantitative estimate of drug-likeness (QED) is 0.751. The highest BCUT2D eigenvalue weighted by Gasteiger charge is 2.45. The van der Waals surface area contributed by atoms with Gasteiger partial charge in [0, 0.05) is 18.2 Å². The van der Waals surface area contributed by atoms with Crippen molar-refractivity contribution < 1.29 is 9.59 Å². The molecule has 2 aromatic carbocycles. The number of hydrogen-bond donors (Lipinski definition) is 1. The summed E-state index contributed by atoms with van der Waals surface area (Å²) in [7, 11) is 0. The first kappa shape index (κ1) is 19.7. The van der Waals surface area contributed by atoms with Crippen molar-refractivity contribution in [2.24, 2.45) is 10.9 Å². The molecule has 6 heteroatoms. The van der Waals surface area contributed by atoms with E-state index in [2.05, 4.69) is 12.2 Å². The predicted octanol–water partition coefficient (Wildman–Crippen LogP) is 4.75. The van der Waals surface area contributed by atoms with Crippen LogP contribution in [0.3, 0.4) is 0 Å². The van der Waals surface area contributed by atoms with E-state index >= 15 is 0 Å². The Bertz CT molecular complexity index is 923. The summed E-state index contributed by atoms with van der Waals surface area (Å²) >= 11 is 1.40. The smallest absolute Gasteiger partial charge is 0.242 e. The Kier molecular flexibility index (Phi) is 5.72. The summed E-state index contributed by atoms with van der Waals surface area (Å²) in [6.07, 6.45) is 2.43. The zero-order valence-electron chi connectivity index (χ0n) is 16.7. The van der Waals surface area contributed by atoms with Crippen LogP contribution in [0, 0.1) is 12.8 Å². The van der Waals surface area contributed by atoms with Crippen LogP contribution in [0.4, 0.5) is 11.4 Å². The summed E-state index contributed by atoms with van der Waals surface area (Å²) in [6, 6.07) is 17.4. The van der Waals surface area contributed by atoms with Gasteiger partial charge in [-0.3, -0.25) is 14.5 Å². The average molecular weight is 408 g/mol. The number of benzene rings is 2. The number of carbonyl (C=O) groups is 2. The highest BCUT2D eigenvalue weighted by atomic mass is 32.2. The predicted molar refractivity (Wildman–Crippen MR) is 118 cm³/mol. The lowest BCUT2D eigenvalue weighted by Crippen LogP contribution is -2.41. The highest BCUT2D eigenvalue weighted by Crippen LogP contribution is 2.41. The van der Waals surface area contributed by atoms with E-state index in [1.807, 2.05) is 66.4 Å². The molecule has 2 aromatic rings. The van der Waals surface area contributed by atoms with Crippen LogP contribution in [-0.2, 0) is 9.59 Å². The molecular weight excluding hydrogens is 382 g/mol. The summed E-state index contributed by atoms with van der Waals surface area (Å²) < 4.78 is 0. The fourth-order valence-corrected chi connectivity index (χ4v) is 4.72. The van der Waals surface area contributed by atoms with E-state index in [0.29, 0.717) is 11.1 Å². The molecule has 4 rings (SSSR count). The number of nitrogens with zero attached hydrogens (tertiary/aromatic N) is 2. The molecule has 1 saturated heterocycles. The van der Waals surface area contributed by atoms with E-state index in [1.54, 1.807) is 0 Å². The van der Waals surface area contributed by atoms with Crippen molar-refractivity contribution in [3.63, 3.8) is 0 Å². The van der Waals surface area contributed by atoms with Crippen molar-refractivity contribution in [1.82, 2.24) is 4.90 Å². The van der Waals surface area contributed by atoms with Gasteiger partial charge in [-0.15, -0.1) is 0 Å². The van der Waals surface area contributed by atoms with Gasteiger partial charge in [0.1, 0.15) is 5.25 Å². The molecule has 1 aliphatic heterocycles. The van der Waals surface area contributed by atoms with Crippen molar-refractivity contribution >= 4 is 40.1 Å². The minimum atomic E-state index is -0.441. The molecule has 5 nitrogen and oxygen atoms in total. The van der Waals surface area contributed by atoms with E-state index in [4.69, 9.17) is 4.99 Å². The third-order valence-electron chi connectivity index (χ3n) is 5.37. The third-order valence-corrected chi connectivity index (χ3v) is 6.52. The van der Waals surface area contributed by atoms with Crippen LogP contribution in [0.2, 0.25) is 0 Å². The molecule has 150 valence electrons. The Balaban J connectivity index is 1.50. The van der Waals surface area contributed by atoms with Crippen molar-refractivity contribution in [3.8, 4) is 0 Å². The lowest BCUT2D eigenvalue weighted by Gasteiger charge is -2.24. The zero-order valence-corrected chi connectivity index (χ0v) is 17.5. The fraction of sp³-hybridized carbons (Fsp3) is 0.348. The Morgan fingerprint density at radius 1 is 1.17 bits per heavy atom. The van der Waals surface area contributed by atoms with Gasteiger partial charge < -0.3 is 5.32 Å². The van der Waals surface area contributed by atoms with Gasteiger partial charge in [0.25, 0.3) is 0 Å². The maximum atomic E-state index is 13.2. The van der Waals surface area contributed by atoms with Crippen LogP contribution in [0.15, 0.2) is 59.6 Å². The molecule has 1 aliphatic carbocycles. The molecular formula is C23H25N3O2S. The summed E-state index contributed by atoms with van der Waals surface area (Å²) in [5, 5.41) is 3.16. The average Bonchev–Trinajstić information content (AvgIpc) is 3.51. The molecule has 0 radical (unpaired) electrons. The van der Waals surface area contributed by atoms with Gasteiger partial charge in [-0.25, -0.2) is 4.99 Å². The Morgan fingerprint density at radius 3 is 2.52 bits per heavy atom. The number of amides is 2. The molecule has 0 unspecified atom stereocenters. The molecule has 2 fully saturated rings. The van der Waals surface area contributed by atoms with Gasteiger partial charge in [-0.05, 0) is 56.9 Å². The van der Waals surface area contributed by atoms with Crippen molar-refractivity contribution in [2.45, 2.75) is 44.4 Å². The van der Waals surface area contributed by atoms with E-state index in [9.17, 15) is 9.59 Å². The summed E-state index contributed by atoms with van der Waals surface area (Å²) in [6.45, 7) is 4.09. The second-order valence-corrected chi connectivity index (χ2v) is 8.91. The van der Waals surface area contributed by atoms with Crippen LogP contribution >= 0.6 is 11.8 Å². The minimum Gasteiger partial charge on any atom is -0.326 e. The number of nitrogens with one attached hydrogen (secondary N) is 1. The number of thioether (sulfide) groups is 1. The first-order valence-electron chi connectivity index (χ1n) is 10.0. The summed E-state index contributed by atoms with van der Waals surface area (Å²) in [5.74, 6) is 0.364. The summed E-state index contributed by atoms with van der Waals surface area (Å²) in [4.78, 5) is 32.3. The molecule has 0 spiro atoms. The number of para-hydroxylation sites is 1. The normalized spacial score (nSPS) is 21.4. The molecule has 1 N–H and O–H groups in total. The molecule has 1 saturated carbocycles. The minimum absolute atomic E-state index is 0.0110. The number of anilines is 1. The van der Waals surface area contributed by atoms with Gasteiger partial charge in [0.05, 0.1) is 5.69 Å². The standard InChI is InChI=1S/C23H25N3O2S/c1-15-8-12-19(13-9-15)24-21(27)14-20-22(28)26(16(2)17-10-11-17)23(29-20)25-18-6-4-3-5-7-18/h3-9,12-13,16-17,20H,10-11,14H2,1-2H3,(H,24,27)/t16-,20-/m1/s1.